The molecule has 2 heterocycles. The van der Waals surface area contributed by atoms with Gasteiger partial charge >= 0.3 is 5.97 Å². The van der Waals surface area contributed by atoms with Gasteiger partial charge in [0.05, 0.1) is 19.8 Å². The van der Waals surface area contributed by atoms with Gasteiger partial charge in [-0.05, 0) is 19.4 Å². The molecule has 21 heavy (non-hydrogen) atoms. The molecule has 9 heteroatoms. The molecule has 1 aliphatic heterocycles. The van der Waals surface area contributed by atoms with Crippen molar-refractivity contribution in [3.63, 3.8) is 0 Å². The van der Waals surface area contributed by atoms with Crippen molar-refractivity contribution in [1.29, 1.82) is 0 Å². The lowest BCUT2D eigenvalue weighted by molar-refractivity contribution is -0.154. The largest absolute Gasteiger partial charge is 0.468 e. The lowest BCUT2D eigenvalue weighted by atomic mass is 9.99. The minimum atomic E-state index is -2.53. The quantitative estimate of drug-likeness (QED) is 0.774. The molecule has 1 aromatic heterocycles. The standard InChI is InChI=1S/C12H18F2N4O3/c1-21-12(20)11-8(19)3-2-4-17(11)6-10-15-7-16-18(10)5-9(13)14/h7-9,11,19H,2-6H2,1H3. The Balaban J connectivity index is 2.12. The maximum Gasteiger partial charge on any atom is 0.325 e. The van der Waals surface area contributed by atoms with Gasteiger partial charge in [0.25, 0.3) is 6.43 Å². The van der Waals surface area contributed by atoms with Gasteiger partial charge in [0.1, 0.15) is 24.7 Å². The molecule has 2 rings (SSSR count). The molecular weight excluding hydrogens is 286 g/mol. The van der Waals surface area contributed by atoms with Crippen LogP contribution in [0.2, 0.25) is 0 Å². The Kier molecular flexibility index (Phi) is 5.18. The second-order valence-electron chi connectivity index (χ2n) is 4.90. The number of ether oxygens (including phenoxy) is 1. The summed E-state index contributed by atoms with van der Waals surface area (Å²) in [7, 11) is 1.25. The third kappa shape index (κ3) is 3.73. The Morgan fingerprint density at radius 3 is 3.05 bits per heavy atom. The van der Waals surface area contributed by atoms with Gasteiger partial charge in [-0.15, -0.1) is 0 Å². The summed E-state index contributed by atoms with van der Waals surface area (Å²) in [5.41, 5.74) is 0. The number of esters is 1. The van der Waals surface area contributed by atoms with Crippen LogP contribution in [-0.2, 0) is 22.6 Å². The van der Waals surface area contributed by atoms with Crippen molar-refractivity contribution < 1.29 is 23.4 Å². The molecule has 0 spiro atoms. The van der Waals surface area contributed by atoms with E-state index in [0.717, 1.165) is 4.68 Å². The van der Waals surface area contributed by atoms with E-state index >= 15 is 0 Å². The Hall–Kier alpha value is -1.61. The van der Waals surface area contributed by atoms with Gasteiger partial charge < -0.3 is 9.84 Å². The van der Waals surface area contributed by atoms with Crippen molar-refractivity contribution in [3.05, 3.63) is 12.2 Å². The van der Waals surface area contributed by atoms with Gasteiger partial charge in [-0.25, -0.2) is 18.4 Å². The number of rotatable bonds is 5. The van der Waals surface area contributed by atoms with Crippen LogP contribution in [0.3, 0.4) is 0 Å². The third-order valence-electron chi connectivity index (χ3n) is 3.50. The van der Waals surface area contributed by atoms with E-state index in [9.17, 15) is 18.7 Å². The normalized spacial score (nSPS) is 23.5. The van der Waals surface area contributed by atoms with Gasteiger partial charge in [-0.1, -0.05) is 0 Å². The molecule has 1 aliphatic rings. The van der Waals surface area contributed by atoms with Crippen molar-refractivity contribution in [2.24, 2.45) is 0 Å². The Labute approximate surface area is 120 Å². The van der Waals surface area contributed by atoms with Gasteiger partial charge in [0.15, 0.2) is 0 Å². The number of aromatic nitrogens is 3. The van der Waals surface area contributed by atoms with Crippen LogP contribution in [0.15, 0.2) is 6.33 Å². The first-order chi connectivity index (χ1) is 10.0. The fourth-order valence-electron chi connectivity index (χ4n) is 2.52. The lowest BCUT2D eigenvalue weighted by Crippen LogP contribution is -2.53. The molecule has 1 saturated heterocycles. The second-order valence-corrected chi connectivity index (χ2v) is 4.90. The SMILES string of the molecule is COC(=O)C1C(O)CCCN1Cc1ncnn1CC(F)F. The number of halogens is 2. The summed E-state index contributed by atoms with van der Waals surface area (Å²) in [6.45, 7) is 0.163. The number of nitrogens with zero attached hydrogens (tertiary/aromatic N) is 4. The molecule has 1 fully saturated rings. The summed E-state index contributed by atoms with van der Waals surface area (Å²) < 4.78 is 30.7. The maximum atomic E-state index is 12.5. The predicted molar refractivity (Wildman–Crippen MR) is 67.5 cm³/mol. The fraction of sp³-hybridized carbons (Fsp3) is 0.750. The van der Waals surface area contributed by atoms with E-state index < -0.39 is 31.1 Å². The first-order valence-electron chi connectivity index (χ1n) is 6.67. The van der Waals surface area contributed by atoms with E-state index in [1.807, 2.05) is 0 Å². The highest BCUT2D eigenvalue weighted by Crippen LogP contribution is 2.21. The van der Waals surface area contributed by atoms with E-state index in [-0.39, 0.29) is 6.54 Å². The van der Waals surface area contributed by atoms with Crippen LogP contribution in [0, 0.1) is 0 Å². The molecule has 2 unspecified atom stereocenters. The Morgan fingerprint density at radius 1 is 1.62 bits per heavy atom. The zero-order valence-electron chi connectivity index (χ0n) is 11.7. The average Bonchev–Trinajstić information content (AvgIpc) is 2.84. The van der Waals surface area contributed by atoms with Crippen LogP contribution >= 0.6 is 0 Å². The molecule has 0 saturated carbocycles. The number of aliphatic hydroxyl groups is 1. The molecule has 0 bridgehead atoms. The topological polar surface area (TPSA) is 80.5 Å². The number of alkyl halides is 2. The Bertz CT molecular complexity index is 483. The molecular formula is C12H18F2N4O3. The molecule has 0 radical (unpaired) electrons. The third-order valence-corrected chi connectivity index (χ3v) is 3.50. The molecule has 0 aromatic carbocycles. The molecule has 7 nitrogen and oxygen atoms in total. The highest BCUT2D eigenvalue weighted by Gasteiger charge is 2.37. The predicted octanol–water partition coefficient (Wildman–Crippen LogP) is 0.0415. The summed E-state index contributed by atoms with van der Waals surface area (Å²) in [6, 6.07) is -0.805. The zero-order valence-corrected chi connectivity index (χ0v) is 11.7. The number of hydrogen-bond acceptors (Lipinski definition) is 6. The van der Waals surface area contributed by atoms with Crippen molar-refractivity contribution >= 4 is 5.97 Å². The van der Waals surface area contributed by atoms with Gasteiger partial charge in [0, 0.05) is 0 Å². The molecule has 1 N–H and O–H groups in total. The first-order valence-corrected chi connectivity index (χ1v) is 6.67. The summed E-state index contributed by atoms with van der Waals surface area (Å²) >= 11 is 0. The van der Waals surface area contributed by atoms with Crippen LogP contribution in [-0.4, -0.2) is 63.0 Å². The van der Waals surface area contributed by atoms with E-state index in [1.165, 1.54) is 13.4 Å². The van der Waals surface area contributed by atoms with Crippen molar-refractivity contribution in [2.75, 3.05) is 13.7 Å². The molecule has 118 valence electrons. The number of piperidine rings is 1. The zero-order chi connectivity index (χ0) is 15.4. The number of hydrogen-bond donors (Lipinski definition) is 1. The van der Waals surface area contributed by atoms with Gasteiger partial charge in [-0.2, -0.15) is 5.10 Å². The van der Waals surface area contributed by atoms with E-state index in [4.69, 9.17) is 4.74 Å². The average molecular weight is 304 g/mol. The van der Waals surface area contributed by atoms with Crippen LogP contribution in [0.4, 0.5) is 8.78 Å². The van der Waals surface area contributed by atoms with Gasteiger partial charge in [0.2, 0.25) is 0 Å². The lowest BCUT2D eigenvalue weighted by Gasteiger charge is -2.36. The number of methoxy groups -OCH3 is 1. The van der Waals surface area contributed by atoms with E-state index in [0.29, 0.717) is 25.2 Å². The highest BCUT2D eigenvalue weighted by molar-refractivity contribution is 5.76. The van der Waals surface area contributed by atoms with E-state index in [1.54, 1.807) is 4.90 Å². The number of aliphatic hydroxyl groups excluding tert-OH is 1. The number of carbonyl (C=O) groups is 1. The number of carbonyl (C=O) groups excluding carboxylic acids is 1. The number of likely N-dealkylation sites (tertiary alicyclic amines) is 1. The molecule has 2 atom stereocenters. The van der Waals surface area contributed by atoms with Crippen molar-refractivity contribution in [1.82, 2.24) is 19.7 Å². The summed E-state index contributed by atoms with van der Waals surface area (Å²) in [4.78, 5) is 17.4. The van der Waals surface area contributed by atoms with Crippen molar-refractivity contribution in [3.8, 4) is 0 Å². The minimum absolute atomic E-state index is 0.156. The second kappa shape index (κ2) is 6.90. The Morgan fingerprint density at radius 2 is 2.38 bits per heavy atom. The van der Waals surface area contributed by atoms with Crippen LogP contribution < -0.4 is 0 Å². The highest BCUT2D eigenvalue weighted by atomic mass is 19.3. The smallest absolute Gasteiger partial charge is 0.325 e. The van der Waals surface area contributed by atoms with Crippen LogP contribution in [0.25, 0.3) is 0 Å². The monoisotopic (exact) mass is 304 g/mol. The molecule has 0 amide bonds. The van der Waals surface area contributed by atoms with Crippen LogP contribution in [0.1, 0.15) is 18.7 Å². The summed E-state index contributed by atoms with van der Waals surface area (Å²) in [5.74, 6) is -0.208. The fourth-order valence-corrected chi connectivity index (χ4v) is 2.52. The maximum absolute atomic E-state index is 12.5. The first kappa shape index (κ1) is 15.8. The van der Waals surface area contributed by atoms with E-state index in [2.05, 4.69) is 10.1 Å². The molecule has 0 aliphatic carbocycles. The summed E-state index contributed by atoms with van der Waals surface area (Å²) in [6.07, 6.45) is -0.963. The van der Waals surface area contributed by atoms with Crippen molar-refractivity contribution in [2.45, 2.75) is 44.5 Å². The molecule has 1 aromatic rings. The van der Waals surface area contributed by atoms with Crippen LogP contribution in [0.5, 0.6) is 0 Å². The van der Waals surface area contributed by atoms with Gasteiger partial charge in [-0.3, -0.25) is 9.69 Å². The minimum Gasteiger partial charge on any atom is -0.468 e. The summed E-state index contributed by atoms with van der Waals surface area (Å²) in [5, 5.41) is 13.7.